The molecule has 0 radical (unpaired) electrons. The minimum atomic E-state index is -4.18. The molecule has 15 heavy (non-hydrogen) atoms. The van der Waals surface area contributed by atoms with E-state index in [4.69, 9.17) is 9.63 Å². The van der Waals surface area contributed by atoms with Gasteiger partial charge in [-0.3, -0.25) is 0 Å². The maximum Gasteiger partial charge on any atom is 0.392 e. The van der Waals surface area contributed by atoms with E-state index in [0.717, 1.165) is 0 Å². The Kier molecular flexibility index (Phi) is 2.46. The second-order valence-electron chi connectivity index (χ2n) is 3.67. The van der Waals surface area contributed by atoms with Crippen LogP contribution in [-0.4, -0.2) is 16.4 Å². The Morgan fingerprint density at radius 1 is 1.47 bits per heavy atom. The number of halogens is 3. The number of aromatic nitrogens is 1. The normalized spacial score (nSPS) is 21.5. The van der Waals surface area contributed by atoms with Crippen LogP contribution in [0.2, 0.25) is 0 Å². The predicted octanol–water partition coefficient (Wildman–Crippen LogP) is 1.83. The highest BCUT2D eigenvalue weighted by Gasteiger charge is 2.42. The highest BCUT2D eigenvalue weighted by Crippen LogP contribution is 2.37. The quantitative estimate of drug-likeness (QED) is 0.786. The van der Waals surface area contributed by atoms with Crippen LogP contribution in [0.4, 0.5) is 13.2 Å². The van der Waals surface area contributed by atoms with Crippen LogP contribution in [0.3, 0.4) is 0 Å². The fourth-order valence-corrected chi connectivity index (χ4v) is 1.87. The summed E-state index contributed by atoms with van der Waals surface area (Å²) in [6.07, 6.45) is -4.02. The molecule has 1 unspecified atom stereocenters. The summed E-state index contributed by atoms with van der Waals surface area (Å²) in [6.45, 7) is -0.372. The Labute approximate surface area is 83.9 Å². The van der Waals surface area contributed by atoms with E-state index in [9.17, 15) is 13.2 Å². The Hall–Kier alpha value is -1.04. The molecule has 2 rings (SSSR count). The molecule has 1 aliphatic carbocycles. The summed E-state index contributed by atoms with van der Waals surface area (Å²) in [4.78, 5) is 0. The minimum Gasteiger partial charge on any atom is -0.390 e. The van der Waals surface area contributed by atoms with E-state index in [1.807, 2.05) is 0 Å². The van der Waals surface area contributed by atoms with Gasteiger partial charge in [0, 0.05) is 12.0 Å². The lowest BCUT2D eigenvalue weighted by Crippen LogP contribution is -2.28. The van der Waals surface area contributed by atoms with E-state index in [1.165, 1.54) is 0 Å². The molecule has 0 saturated heterocycles. The summed E-state index contributed by atoms with van der Waals surface area (Å²) >= 11 is 0. The molecule has 1 heterocycles. The van der Waals surface area contributed by atoms with Gasteiger partial charge in [0.1, 0.15) is 11.5 Å². The van der Waals surface area contributed by atoms with Gasteiger partial charge in [0.2, 0.25) is 0 Å². The third-order valence-corrected chi connectivity index (χ3v) is 2.73. The number of alkyl halides is 3. The van der Waals surface area contributed by atoms with Crippen molar-refractivity contribution in [3.8, 4) is 0 Å². The summed E-state index contributed by atoms with van der Waals surface area (Å²) in [7, 11) is 0. The maximum atomic E-state index is 12.5. The zero-order chi connectivity index (χ0) is 11.1. The van der Waals surface area contributed by atoms with Gasteiger partial charge in [-0.05, 0) is 12.8 Å². The number of fused-ring (bicyclic) bond motifs is 1. The average Bonchev–Trinajstić information content (AvgIpc) is 2.57. The van der Waals surface area contributed by atoms with Crippen molar-refractivity contribution in [3.05, 3.63) is 17.0 Å². The van der Waals surface area contributed by atoms with E-state index in [2.05, 4.69) is 5.16 Å². The molecule has 1 aromatic heterocycles. The monoisotopic (exact) mass is 221 g/mol. The topological polar surface area (TPSA) is 46.3 Å². The van der Waals surface area contributed by atoms with E-state index in [1.54, 1.807) is 0 Å². The molecule has 0 bridgehead atoms. The summed E-state index contributed by atoms with van der Waals surface area (Å²) < 4.78 is 42.3. The number of rotatable bonds is 1. The van der Waals surface area contributed by atoms with Gasteiger partial charge in [-0.15, -0.1) is 0 Å². The first kappa shape index (κ1) is 10.5. The smallest absolute Gasteiger partial charge is 0.390 e. The molecular formula is C9H10F3NO2. The molecule has 1 aromatic rings. The van der Waals surface area contributed by atoms with Crippen molar-refractivity contribution in [3.63, 3.8) is 0 Å². The molecule has 0 spiro atoms. The number of aliphatic hydroxyl groups is 1. The lowest BCUT2D eigenvalue weighted by Gasteiger charge is -2.23. The highest BCUT2D eigenvalue weighted by atomic mass is 19.4. The number of hydrogen-bond donors (Lipinski definition) is 1. The van der Waals surface area contributed by atoms with Crippen molar-refractivity contribution in [2.24, 2.45) is 5.92 Å². The van der Waals surface area contributed by atoms with Crippen LogP contribution in [0.15, 0.2) is 4.52 Å². The van der Waals surface area contributed by atoms with Crippen LogP contribution in [0.5, 0.6) is 0 Å². The Balaban J connectivity index is 2.25. The first-order valence-corrected chi connectivity index (χ1v) is 4.66. The molecule has 3 nitrogen and oxygen atoms in total. The SMILES string of the molecule is OCc1noc2c1CC(C(F)(F)F)CC2. The Morgan fingerprint density at radius 2 is 2.20 bits per heavy atom. The van der Waals surface area contributed by atoms with Crippen molar-refractivity contribution in [2.45, 2.75) is 32.0 Å². The molecule has 0 saturated carbocycles. The van der Waals surface area contributed by atoms with E-state index >= 15 is 0 Å². The first-order valence-electron chi connectivity index (χ1n) is 4.66. The summed E-state index contributed by atoms with van der Waals surface area (Å²) in [5, 5.41) is 12.4. The lowest BCUT2D eigenvalue weighted by molar-refractivity contribution is -0.177. The van der Waals surface area contributed by atoms with E-state index in [-0.39, 0.29) is 31.6 Å². The van der Waals surface area contributed by atoms with Crippen molar-refractivity contribution in [1.82, 2.24) is 5.16 Å². The first-order chi connectivity index (χ1) is 7.02. The Morgan fingerprint density at radius 3 is 2.80 bits per heavy atom. The van der Waals surface area contributed by atoms with Crippen LogP contribution in [0, 0.1) is 5.92 Å². The zero-order valence-electron chi connectivity index (χ0n) is 7.84. The molecule has 0 fully saturated rings. The van der Waals surface area contributed by atoms with Gasteiger partial charge >= 0.3 is 6.18 Å². The molecule has 6 heteroatoms. The summed E-state index contributed by atoms with van der Waals surface area (Å²) in [6, 6.07) is 0. The third kappa shape index (κ3) is 1.86. The molecule has 1 aliphatic rings. The summed E-state index contributed by atoms with van der Waals surface area (Å²) in [5.41, 5.74) is 0.671. The molecule has 0 amide bonds. The van der Waals surface area contributed by atoms with E-state index in [0.29, 0.717) is 11.3 Å². The van der Waals surface area contributed by atoms with Gasteiger partial charge in [-0.1, -0.05) is 5.16 Å². The standard InChI is InChI=1S/C9H10F3NO2/c10-9(11,12)5-1-2-8-6(3-5)7(4-14)13-15-8/h5,14H,1-4H2. The predicted molar refractivity (Wildman–Crippen MR) is 44.0 cm³/mol. The second-order valence-corrected chi connectivity index (χ2v) is 3.67. The molecule has 1 N–H and O–H groups in total. The number of aryl methyl sites for hydroxylation is 1. The van der Waals surface area contributed by atoms with Crippen molar-refractivity contribution in [1.29, 1.82) is 0 Å². The number of hydrogen-bond acceptors (Lipinski definition) is 3. The Bertz CT molecular complexity index is 345. The summed E-state index contributed by atoms with van der Waals surface area (Å²) in [5.74, 6) is -0.853. The molecule has 1 atom stereocenters. The van der Waals surface area contributed by atoms with E-state index < -0.39 is 12.1 Å². The fourth-order valence-electron chi connectivity index (χ4n) is 1.87. The van der Waals surface area contributed by atoms with Gasteiger partial charge < -0.3 is 9.63 Å². The molecule has 84 valence electrons. The lowest BCUT2D eigenvalue weighted by atomic mass is 9.86. The molecule has 0 aromatic carbocycles. The van der Waals surface area contributed by atoms with Gasteiger partial charge in [-0.25, -0.2) is 0 Å². The van der Waals surface area contributed by atoms with Crippen LogP contribution >= 0.6 is 0 Å². The van der Waals surface area contributed by atoms with Gasteiger partial charge in [0.05, 0.1) is 12.5 Å². The van der Waals surface area contributed by atoms with Crippen LogP contribution in [0.1, 0.15) is 23.4 Å². The largest absolute Gasteiger partial charge is 0.392 e. The van der Waals surface area contributed by atoms with Crippen LogP contribution < -0.4 is 0 Å². The zero-order valence-corrected chi connectivity index (χ0v) is 7.84. The van der Waals surface area contributed by atoms with Crippen molar-refractivity contribution >= 4 is 0 Å². The number of aliphatic hydroxyl groups excluding tert-OH is 1. The van der Waals surface area contributed by atoms with Gasteiger partial charge in [-0.2, -0.15) is 13.2 Å². The number of nitrogens with zero attached hydrogens (tertiary/aromatic N) is 1. The van der Waals surface area contributed by atoms with Gasteiger partial charge in [0.15, 0.2) is 0 Å². The fraction of sp³-hybridized carbons (Fsp3) is 0.667. The van der Waals surface area contributed by atoms with Crippen LogP contribution in [-0.2, 0) is 19.4 Å². The molecular weight excluding hydrogens is 211 g/mol. The average molecular weight is 221 g/mol. The van der Waals surface area contributed by atoms with Crippen molar-refractivity contribution < 1.29 is 22.8 Å². The molecule has 0 aliphatic heterocycles. The van der Waals surface area contributed by atoms with Crippen LogP contribution in [0.25, 0.3) is 0 Å². The maximum absolute atomic E-state index is 12.5. The second kappa shape index (κ2) is 3.52. The third-order valence-electron chi connectivity index (χ3n) is 2.73. The van der Waals surface area contributed by atoms with Gasteiger partial charge in [0.25, 0.3) is 0 Å². The van der Waals surface area contributed by atoms with Crippen molar-refractivity contribution in [2.75, 3.05) is 0 Å². The minimum absolute atomic E-state index is 0.0383. The highest BCUT2D eigenvalue weighted by molar-refractivity contribution is 5.25.